The lowest BCUT2D eigenvalue weighted by atomic mass is 10.0. The van der Waals surface area contributed by atoms with E-state index in [0.29, 0.717) is 47.3 Å². The average Bonchev–Trinajstić information content (AvgIpc) is 2.63. The van der Waals surface area contributed by atoms with E-state index in [4.69, 9.17) is 4.42 Å². The molecule has 0 spiro atoms. The molecule has 1 N–H and O–H groups in total. The first kappa shape index (κ1) is 19.5. The van der Waals surface area contributed by atoms with Crippen LogP contribution >= 0.6 is 0 Å². The van der Waals surface area contributed by atoms with Crippen LogP contribution in [0.15, 0.2) is 37.6 Å². The molecule has 1 aliphatic rings. The molecular formula is C20H21N3O5S. The molecule has 0 fully saturated rings. The molecule has 4 rings (SSSR count). The largest absolute Gasteiger partial charge is 0.464 e. The number of aromatic amines is 1. The molecule has 0 amide bonds. The van der Waals surface area contributed by atoms with Gasteiger partial charge >= 0.3 is 0 Å². The lowest BCUT2D eigenvalue weighted by Crippen LogP contribution is -2.37. The van der Waals surface area contributed by atoms with Gasteiger partial charge in [0.2, 0.25) is 15.0 Å². The van der Waals surface area contributed by atoms with E-state index in [0.717, 1.165) is 17.4 Å². The van der Waals surface area contributed by atoms with Gasteiger partial charge in [0.1, 0.15) is 5.58 Å². The number of hydrogen-bond acceptors (Lipinski definition) is 7. The Hall–Kier alpha value is -2.78. The van der Waals surface area contributed by atoms with Crippen molar-refractivity contribution in [2.75, 3.05) is 12.8 Å². The van der Waals surface area contributed by atoms with E-state index in [9.17, 15) is 18.0 Å². The third-order valence-electron chi connectivity index (χ3n) is 5.16. The summed E-state index contributed by atoms with van der Waals surface area (Å²) in [6, 6.07) is 3.79. The van der Waals surface area contributed by atoms with Gasteiger partial charge < -0.3 is 4.42 Å². The van der Waals surface area contributed by atoms with Gasteiger partial charge in [0.25, 0.3) is 5.56 Å². The molecule has 152 valence electrons. The highest BCUT2D eigenvalue weighted by atomic mass is 32.2. The van der Waals surface area contributed by atoms with Gasteiger partial charge in [-0.2, -0.15) is 0 Å². The summed E-state index contributed by atoms with van der Waals surface area (Å²) in [4.78, 5) is 33.8. The summed E-state index contributed by atoms with van der Waals surface area (Å²) in [6.07, 6.45) is 2.92. The number of aromatic nitrogens is 2. The first-order chi connectivity index (χ1) is 13.6. The van der Waals surface area contributed by atoms with Crippen molar-refractivity contribution in [1.82, 2.24) is 14.9 Å². The zero-order chi connectivity index (χ0) is 20.9. The molecular weight excluding hydrogens is 394 g/mol. The maximum absolute atomic E-state index is 13.0. The smallest absolute Gasteiger partial charge is 0.256 e. The Morgan fingerprint density at radius 1 is 1.24 bits per heavy atom. The molecule has 0 radical (unpaired) electrons. The molecule has 3 heterocycles. The normalized spacial score (nSPS) is 14.9. The van der Waals surface area contributed by atoms with Crippen LogP contribution in [0.5, 0.6) is 0 Å². The number of fused-ring (bicyclic) bond motifs is 2. The van der Waals surface area contributed by atoms with Crippen molar-refractivity contribution in [3.63, 3.8) is 0 Å². The number of sulfone groups is 1. The number of H-pyrrole nitrogens is 1. The van der Waals surface area contributed by atoms with Crippen LogP contribution in [-0.2, 0) is 29.3 Å². The van der Waals surface area contributed by atoms with Crippen molar-refractivity contribution in [2.45, 2.75) is 38.5 Å². The van der Waals surface area contributed by atoms with Crippen LogP contribution in [0.3, 0.4) is 0 Å². The molecule has 1 aliphatic heterocycles. The molecule has 9 heteroatoms. The Kier molecular flexibility index (Phi) is 4.66. The Bertz CT molecular complexity index is 1360. The summed E-state index contributed by atoms with van der Waals surface area (Å²) < 4.78 is 29.1. The van der Waals surface area contributed by atoms with Crippen molar-refractivity contribution in [2.24, 2.45) is 0 Å². The van der Waals surface area contributed by atoms with Gasteiger partial charge in [0, 0.05) is 37.9 Å². The predicted octanol–water partition coefficient (Wildman–Crippen LogP) is 1.45. The number of nitrogens with zero attached hydrogens (tertiary/aromatic N) is 2. The monoisotopic (exact) mass is 415 g/mol. The highest BCUT2D eigenvalue weighted by molar-refractivity contribution is 7.90. The SMILES string of the molecule is Cc1cc(C)c2c(=O)c(CN3CCc4nc(S(C)(=O)=O)[nH]c(=O)c4C3)coc2c1. The molecule has 0 saturated heterocycles. The van der Waals surface area contributed by atoms with Crippen molar-refractivity contribution >= 4 is 20.8 Å². The standard InChI is InChI=1S/C20H21N3O5S/c1-11-6-12(2)17-16(7-11)28-10-13(18(17)24)8-23-5-4-15-14(9-23)19(25)22-20(21-15)29(3,26)27/h6-7,10H,4-5,8-9H2,1-3H3,(H,21,22,25). The van der Waals surface area contributed by atoms with Crippen LogP contribution < -0.4 is 11.0 Å². The van der Waals surface area contributed by atoms with E-state index >= 15 is 0 Å². The number of benzene rings is 1. The maximum Gasteiger partial charge on any atom is 0.256 e. The Balaban J connectivity index is 1.66. The van der Waals surface area contributed by atoms with Crippen LogP contribution in [-0.4, -0.2) is 36.1 Å². The van der Waals surface area contributed by atoms with E-state index in [1.807, 2.05) is 30.9 Å². The summed E-state index contributed by atoms with van der Waals surface area (Å²) >= 11 is 0. The molecule has 0 unspecified atom stereocenters. The number of aryl methyl sites for hydroxylation is 2. The second-order valence-corrected chi connectivity index (χ2v) is 9.51. The second-order valence-electron chi connectivity index (χ2n) is 7.57. The zero-order valence-corrected chi connectivity index (χ0v) is 17.2. The molecule has 1 aromatic carbocycles. The number of hydrogen-bond donors (Lipinski definition) is 1. The maximum atomic E-state index is 13.0. The topological polar surface area (TPSA) is 113 Å². The summed E-state index contributed by atoms with van der Waals surface area (Å²) in [6.45, 7) is 5.01. The summed E-state index contributed by atoms with van der Waals surface area (Å²) in [7, 11) is -3.59. The lowest BCUT2D eigenvalue weighted by Gasteiger charge is -2.27. The van der Waals surface area contributed by atoms with Crippen LogP contribution in [0, 0.1) is 13.8 Å². The first-order valence-corrected chi connectivity index (χ1v) is 11.1. The van der Waals surface area contributed by atoms with E-state index in [1.54, 1.807) is 0 Å². The van der Waals surface area contributed by atoms with Crippen molar-refractivity contribution in [1.29, 1.82) is 0 Å². The Labute approximate surface area is 167 Å². The third-order valence-corrected chi connectivity index (χ3v) is 6.06. The Morgan fingerprint density at radius 3 is 2.72 bits per heavy atom. The van der Waals surface area contributed by atoms with E-state index < -0.39 is 15.4 Å². The fourth-order valence-electron chi connectivity index (χ4n) is 3.78. The van der Waals surface area contributed by atoms with Gasteiger partial charge in [-0.15, -0.1) is 0 Å². The molecule has 0 atom stereocenters. The van der Waals surface area contributed by atoms with Crippen molar-refractivity contribution in [3.8, 4) is 0 Å². The van der Waals surface area contributed by atoms with Crippen LogP contribution in [0.4, 0.5) is 0 Å². The van der Waals surface area contributed by atoms with Crippen LogP contribution in [0.25, 0.3) is 11.0 Å². The second kappa shape index (κ2) is 6.93. The molecule has 2 aromatic heterocycles. The van der Waals surface area contributed by atoms with Gasteiger partial charge in [-0.05, 0) is 31.0 Å². The van der Waals surface area contributed by atoms with E-state index in [1.165, 1.54) is 6.26 Å². The quantitative estimate of drug-likeness (QED) is 0.644. The number of nitrogens with one attached hydrogen (secondary N) is 1. The molecule has 0 saturated carbocycles. The number of rotatable bonds is 3. The molecule has 0 bridgehead atoms. The van der Waals surface area contributed by atoms with Gasteiger partial charge in [-0.3, -0.25) is 19.5 Å². The summed E-state index contributed by atoms with van der Waals surface area (Å²) in [5.74, 6) is 0. The van der Waals surface area contributed by atoms with E-state index in [2.05, 4.69) is 9.97 Å². The highest BCUT2D eigenvalue weighted by Gasteiger charge is 2.24. The fraction of sp³-hybridized carbons (Fsp3) is 0.350. The summed E-state index contributed by atoms with van der Waals surface area (Å²) in [5, 5.41) is 0.262. The van der Waals surface area contributed by atoms with E-state index in [-0.39, 0.29) is 17.1 Å². The third kappa shape index (κ3) is 3.63. The first-order valence-electron chi connectivity index (χ1n) is 9.19. The molecule has 0 aliphatic carbocycles. The van der Waals surface area contributed by atoms with Gasteiger partial charge in [-0.1, -0.05) is 6.07 Å². The minimum atomic E-state index is -3.59. The molecule has 29 heavy (non-hydrogen) atoms. The average molecular weight is 415 g/mol. The zero-order valence-electron chi connectivity index (χ0n) is 16.4. The van der Waals surface area contributed by atoms with Crippen molar-refractivity contribution in [3.05, 3.63) is 66.9 Å². The molecule has 8 nitrogen and oxygen atoms in total. The lowest BCUT2D eigenvalue weighted by molar-refractivity contribution is 0.238. The Morgan fingerprint density at radius 2 is 2.00 bits per heavy atom. The van der Waals surface area contributed by atoms with Gasteiger partial charge in [0.15, 0.2) is 5.43 Å². The van der Waals surface area contributed by atoms with Crippen LogP contribution in [0.1, 0.15) is 27.9 Å². The minimum absolute atomic E-state index is 0.0750. The predicted molar refractivity (Wildman–Crippen MR) is 108 cm³/mol. The fourth-order valence-corrected chi connectivity index (χ4v) is 4.33. The highest BCUT2D eigenvalue weighted by Crippen LogP contribution is 2.20. The van der Waals surface area contributed by atoms with Gasteiger partial charge in [0.05, 0.1) is 22.9 Å². The summed E-state index contributed by atoms with van der Waals surface area (Å²) in [5.41, 5.74) is 3.36. The minimum Gasteiger partial charge on any atom is -0.464 e. The molecule has 3 aromatic rings. The van der Waals surface area contributed by atoms with Gasteiger partial charge in [-0.25, -0.2) is 13.4 Å². The van der Waals surface area contributed by atoms with Crippen molar-refractivity contribution < 1.29 is 12.8 Å². The van der Waals surface area contributed by atoms with Crippen LogP contribution in [0.2, 0.25) is 0 Å².